The lowest BCUT2D eigenvalue weighted by atomic mass is 10.3. The minimum absolute atomic E-state index is 0.0392. The molecule has 4 N–H and O–H groups in total. The van der Waals surface area contributed by atoms with Crippen LogP contribution in [-0.2, 0) is 24.0 Å². The number of carboxylic acid groups (broad SMARTS) is 5. The number of carboxylic acids is 5. The molecule has 0 aliphatic rings. The average Bonchev–Trinajstić information content (AvgIpc) is 2.46. The molecule has 154 valence electrons. The van der Waals surface area contributed by atoms with Crippen molar-refractivity contribution >= 4 is 29.8 Å². The zero-order chi connectivity index (χ0) is 21.0. The number of hydrogen-bond acceptors (Lipinski definition) is 9. The first kappa shape index (κ1) is 24.2. The smallest absolute Gasteiger partial charge is 0.317 e. The van der Waals surface area contributed by atoms with E-state index in [9.17, 15) is 29.1 Å². The Balaban J connectivity index is 4.85. The van der Waals surface area contributed by atoms with Crippen molar-refractivity contribution in [3.8, 4) is 0 Å². The lowest BCUT2D eigenvalue weighted by Gasteiger charge is -2.28. The molecule has 0 saturated carbocycles. The summed E-state index contributed by atoms with van der Waals surface area (Å²) in [7, 11) is 0. The van der Waals surface area contributed by atoms with Crippen molar-refractivity contribution < 1.29 is 49.5 Å². The van der Waals surface area contributed by atoms with Gasteiger partial charge in [0.05, 0.1) is 32.1 Å². The van der Waals surface area contributed by atoms with Gasteiger partial charge in [0, 0.05) is 32.7 Å². The third-order valence-electron chi connectivity index (χ3n) is 3.25. The Bertz CT molecular complexity index is 481. The number of aliphatic carboxylic acids is 5. The molecule has 0 fully saturated rings. The molecule has 13 heteroatoms. The molecule has 0 spiro atoms. The van der Waals surface area contributed by atoms with Crippen LogP contribution in [0.15, 0.2) is 0 Å². The Morgan fingerprint density at radius 3 is 1.00 bits per heavy atom. The van der Waals surface area contributed by atoms with Crippen molar-refractivity contribution in [1.29, 1.82) is 0 Å². The molecule has 0 aromatic rings. The van der Waals surface area contributed by atoms with E-state index in [2.05, 4.69) is 0 Å². The van der Waals surface area contributed by atoms with Crippen LogP contribution in [0.1, 0.15) is 0 Å². The first-order chi connectivity index (χ1) is 12.5. The van der Waals surface area contributed by atoms with Gasteiger partial charge in [-0.05, 0) is 0 Å². The average molecular weight is 392 g/mol. The van der Waals surface area contributed by atoms with E-state index in [1.165, 1.54) is 4.90 Å². The fourth-order valence-electron chi connectivity index (χ4n) is 2.21. The second-order valence-electron chi connectivity index (χ2n) is 5.64. The summed E-state index contributed by atoms with van der Waals surface area (Å²) < 4.78 is 0. The standard InChI is InChI=1S/C14H23N3O10/c18-10(19)5-15(1-3-16(6-11(20)21)7-12(22)23)2-4-17(8-13(24)25)9-14(26)27/h1-9H2,(H,18,19)(H,20,21)(H,22,23)(H,24,25)(H,26,27)/p-1. The number of carbonyl (C=O) groups excluding carboxylic acids is 1. The van der Waals surface area contributed by atoms with Gasteiger partial charge < -0.3 is 30.3 Å². The molecule has 0 aliphatic carbocycles. The maximum atomic E-state index is 10.9. The summed E-state index contributed by atoms with van der Waals surface area (Å²) in [6.45, 7) is -3.04. The van der Waals surface area contributed by atoms with E-state index in [0.29, 0.717) is 0 Å². The third-order valence-corrected chi connectivity index (χ3v) is 3.25. The highest BCUT2D eigenvalue weighted by Gasteiger charge is 2.18. The molecule has 0 radical (unpaired) electrons. The molecule has 0 rings (SSSR count). The maximum absolute atomic E-state index is 10.9. The number of nitrogens with zero attached hydrogens (tertiary/aromatic N) is 3. The molecule has 0 aromatic carbocycles. The van der Waals surface area contributed by atoms with E-state index in [0.717, 1.165) is 9.80 Å². The molecular formula is C14H22N3O10-. The van der Waals surface area contributed by atoms with Crippen molar-refractivity contribution in [2.75, 3.05) is 58.9 Å². The number of hydrogen-bond donors (Lipinski definition) is 4. The van der Waals surface area contributed by atoms with Crippen LogP contribution in [0.5, 0.6) is 0 Å². The van der Waals surface area contributed by atoms with Crippen LogP contribution in [0.25, 0.3) is 0 Å². The molecule has 0 unspecified atom stereocenters. The Morgan fingerprint density at radius 1 is 0.519 bits per heavy atom. The Hall–Kier alpha value is -2.77. The monoisotopic (exact) mass is 392 g/mol. The van der Waals surface area contributed by atoms with E-state index in [-0.39, 0.29) is 26.2 Å². The molecule has 0 saturated heterocycles. The van der Waals surface area contributed by atoms with Crippen molar-refractivity contribution in [3.05, 3.63) is 0 Å². The summed E-state index contributed by atoms with van der Waals surface area (Å²) in [5.74, 6) is -6.46. The Labute approximate surface area is 154 Å². The van der Waals surface area contributed by atoms with Crippen LogP contribution >= 0.6 is 0 Å². The van der Waals surface area contributed by atoms with Gasteiger partial charge in [0.2, 0.25) is 0 Å². The second-order valence-corrected chi connectivity index (χ2v) is 5.64. The highest BCUT2D eigenvalue weighted by atomic mass is 16.4. The van der Waals surface area contributed by atoms with E-state index < -0.39 is 62.6 Å². The van der Waals surface area contributed by atoms with Gasteiger partial charge >= 0.3 is 23.9 Å². The molecule has 27 heavy (non-hydrogen) atoms. The van der Waals surface area contributed by atoms with Crippen LogP contribution in [0.2, 0.25) is 0 Å². The van der Waals surface area contributed by atoms with Crippen LogP contribution in [-0.4, -0.2) is 124 Å². The Kier molecular flexibility index (Phi) is 11.3. The summed E-state index contributed by atoms with van der Waals surface area (Å²) in [5.41, 5.74) is 0. The topological polar surface area (TPSA) is 199 Å². The predicted octanol–water partition coefficient (Wildman–Crippen LogP) is -4.02. The summed E-state index contributed by atoms with van der Waals surface area (Å²) in [5, 5.41) is 46.0. The predicted molar refractivity (Wildman–Crippen MR) is 84.9 cm³/mol. The van der Waals surface area contributed by atoms with Crippen molar-refractivity contribution in [2.45, 2.75) is 0 Å². The van der Waals surface area contributed by atoms with Gasteiger partial charge in [-0.1, -0.05) is 0 Å². The van der Waals surface area contributed by atoms with Gasteiger partial charge in [-0.25, -0.2) is 0 Å². The molecule has 0 aliphatic heterocycles. The minimum atomic E-state index is -1.44. The van der Waals surface area contributed by atoms with Crippen LogP contribution in [0, 0.1) is 0 Å². The zero-order valence-corrected chi connectivity index (χ0v) is 14.4. The van der Waals surface area contributed by atoms with Crippen LogP contribution < -0.4 is 5.11 Å². The van der Waals surface area contributed by atoms with E-state index in [1.54, 1.807) is 0 Å². The zero-order valence-electron chi connectivity index (χ0n) is 14.4. The second kappa shape index (κ2) is 12.6. The van der Waals surface area contributed by atoms with Crippen molar-refractivity contribution in [1.82, 2.24) is 14.7 Å². The van der Waals surface area contributed by atoms with Gasteiger partial charge in [-0.3, -0.25) is 33.9 Å². The van der Waals surface area contributed by atoms with Crippen LogP contribution in [0.3, 0.4) is 0 Å². The Morgan fingerprint density at radius 2 is 0.778 bits per heavy atom. The minimum Gasteiger partial charge on any atom is -0.549 e. The molecule has 0 heterocycles. The number of carbonyl (C=O) groups is 5. The normalized spacial score (nSPS) is 11.1. The highest BCUT2D eigenvalue weighted by molar-refractivity contribution is 5.73. The van der Waals surface area contributed by atoms with Gasteiger partial charge in [-0.2, -0.15) is 0 Å². The SMILES string of the molecule is O=C([O-])CN(CCN(CC(=O)O)CC(=O)O)CCN(CC(=O)O)CC(=O)O. The first-order valence-electron chi connectivity index (χ1n) is 7.73. The summed E-state index contributed by atoms with van der Waals surface area (Å²) in [4.78, 5) is 57.4. The van der Waals surface area contributed by atoms with E-state index >= 15 is 0 Å². The van der Waals surface area contributed by atoms with Gasteiger partial charge in [0.15, 0.2) is 0 Å². The summed E-state index contributed by atoms with van der Waals surface area (Å²) in [6, 6.07) is 0. The lowest BCUT2D eigenvalue weighted by Crippen LogP contribution is -2.47. The van der Waals surface area contributed by atoms with Crippen LogP contribution in [0.4, 0.5) is 0 Å². The van der Waals surface area contributed by atoms with Crippen molar-refractivity contribution in [3.63, 3.8) is 0 Å². The molecule has 0 atom stereocenters. The van der Waals surface area contributed by atoms with Gasteiger partial charge in [0.25, 0.3) is 0 Å². The highest BCUT2D eigenvalue weighted by Crippen LogP contribution is 1.96. The quantitative estimate of drug-likeness (QED) is 0.198. The van der Waals surface area contributed by atoms with E-state index in [4.69, 9.17) is 20.4 Å². The van der Waals surface area contributed by atoms with E-state index in [1.807, 2.05) is 0 Å². The fraction of sp³-hybridized carbons (Fsp3) is 0.643. The summed E-state index contributed by atoms with van der Waals surface area (Å²) >= 11 is 0. The van der Waals surface area contributed by atoms with Gasteiger partial charge in [-0.15, -0.1) is 0 Å². The largest absolute Gasteiger partial charge is 0.549 e. The molecule has 0 aromatic heterocycles. The molecule has 0 amide bonds. The molecule has 13 nitrogen and oxygen atoms in total. The van der Waals surface area contributed by atoms with Gasteiger partial charge in [0.1, 0.15) is 0 Å². The van der Waals surface area contributed by atoms with Crippen molar-refractivity contribution in [2.24, 2.45) is 0 Å². The summed E-state index contributed by atoms with van der Waals surface area (Å²) in [6.07, 6.45) is 0. The number of rotatable bonds is 16. The third kappa shape index (κ3) is 14.1. The molecule has 0 bridgehead atoms. The lowest BCUT2D eigenvalue weighted by molar-refractivity contribution is -0.306. The fourth-order valence-corrected chi connectivity index (χ4v) is 2.21. The first-order valence-corrected chi connectivity index (χ1v) is 7.73. The molecular weight excluding hydrogens is 370 g/mol. The maximum Gasteiger partial charge on any atom is 0.317 e.